The molecule has 23 heavy (non-hydrogen) atoms. The van der Waals surface area contributed by atoms with Crippen LogP contribution in [0.1, 0.15) is 45.6 Å². The van der Waals surface area contributed by atoms with E-state index in [1.165, 1.54) is 24.8 Å². The molecule has 0 amide bonds. The molecule has 1 fully saturated rings. The van der Waals surface area contributed by atoms with Gasteiger partial charge in [-0.2, -0.15) is 0 Å². The van der Waals surface area contributed by atoms with Crippen LogP contribution in [-0.2, 0) is 6.54 Å². The van der Waals surface area contributed by atoms with Crippen molar-refractivity contribution in [2.75, 3.05) is 31.1 Å². The summed E-state index contributed by atoms with van der Waals surface area (Å²) in [5.74, 6) is 2.58. The maximum Gasteiger partial charge on any atom is 0.191 e. The number of nitrogens with zero attached hydrogens (tertiary/aromatic N) is 3. The third-order valence-corrected chi connectivity index (χ3v) is 3.93. The average Bonchev–Trinajstić information content (AvgIpc) is 2.58. The Balaban J connectivity index is 1.98. The summed E-state index contributed by atoms with van der Waals surface area (Å²) in [7, 11) is 0. The molecule has 0 aromatic carbocycles. The summed E-state index contributed by atoms with van der Waals surface area (Å²) in [6.07, 6.45) is 5.79. The lowest BCUT2D eigenvalue weighted by Gasteiger charge is -2.27. The van der Waals surface area contributed by atoms with Gasteiger partial charge in [0.25, 0.3) is 0 Å². The molecule has 1 aliphatic rings. The summed E-state index contributed by atoms with van der Waals surface area (Å²) in [6.45, 7) is 11.2. The predicted octanol–water partition coefficient (Wildman–Crippen LogP) is 2.78. The molecule has 1 aromatic rings. The highest BCUT2D eigenvalue weighted by molar-refractivity contribution is 5.79. The van der Waals surface area contributed by atoms with E-state index >= 15 is 0 Å². The second kappa shape index (κ2) is 9.38. The van der Waals surface area contributed by atoms with Gasteiger partial charge in [0.2, 0.25) is 0 Å². The Kier molecular flexibility index (Phi) is 7.17. The Morgan fingerprint density at radius 2 is 2.04 bits per heavy atom. The molecule has 128 valence electrons. The van der Waals surface area contributed by atoms with E-state index in [1.807, 2.05) is 6.20 Å². The van der Waals surface area contributed by atoms with Crippen molar-refractivity contribution in [3.8, 4) is 0 Å². The molecule has 0 radical (unpaired) electrons. The van der Waals surface area contributed by atoms with Gasteiger partial charge in [-0.3, -0.25) is 0 Å². The molecule has 5 heteroatoms. The Labute approximate surface area is 140 Å². The van der Waals surface area contributed by atoms with Crippen molar-refractivity contribution < 1.29 is 0 Å². The molecular weight excluding hydrogens is 286 g/mol. The summed E-state index contributed by atoms with van der Waals surface area (Å²) in [5.41, 5.74) is 1.21. The van der Waals surface area contributed by atoms with Gasteiger partial charge in [0.05, 0.1) is 6.54 Å². The number of anilines is 1. The van der Waals surface area contributed by atoms with Gasteiger partial charge in [-0.1, -0.05) is 13.8 Å². The fourth-order valence-electron chi connectivity index (χ4n) is 2.67. The van der Waals surface area contributed by atoms with Crippen LogP contribution in [0.15, 0.2) is 23.3 Å². The molecule has 0 atom stereocenters. The van der Waals surface area contributed by atoms with Crippen LogP contribution in [-0.4, -0.2) is 37.1 Å². The van der Waals surface area contributed by atoms with E-state index in [4.69, 9.17) is 4.99 Å². The van der Waals surface area contributed by atoms with E-state index in [2.05, 4.69) is 53.4 Å². The van der Waals surface area contributed by atoms with Crippen molar-refractivity contribution in [2.45, 2.75) is 46.6 Å². The van der Waals surface area contributed by atoms with Gasteiger partial charge in [-0.25, -0.2) is 9.98 Å². The molecule has 0 spiro atoms. The molecule has 0 aliphatic carbocycles. The fourth-order valence-corrected chi connectivity index (χ4v) is 2.67. The maximum atomic E-state index is 4.69. The van der Waals surface area contributed by atoms with Crippen molar-refractivity contribution in [1.29, 1.82) is 0 Å². The highest BCUT2D eigenvalue weighted by Crippen LogP contribution is 2.18. The number of piperidine rings is 1. The molecule has 0 bridgehead atoms. The lowest BCUT2D eigenvalue weighted by Crippen LogP contribution is -2.39. The van der Waals surface area contributed by atoms with Crippen LogP contribution in [0, 0.1) is 5.92 Å². The topological polar surface area (TPSA) is 52.6 Å². The standard InChI is InChI=1S/C18H31N5/c1-4-19-18(21-13-15(2)3)22-14-16-8-9-20-17(12-16)23-10-6-5-7-11-23/h8-9,12,15H,4-7,10-11,13-14H2,1-3H3,(H2,19,21,22). The largest absolute Gasteiger partial charge is 0.357 e. The van der Waals surface area contributed by atoms with Gasteiger partial charge < -0.3 is 15.5 Å². The van der Waals surface area contributed by atoms with Gasteiger partial charge in [-0.05, 0) is 49.8 Å². The highest BCUT2D eigenvalue weighted by Gasteiger charge is 2.12. The number of aromatic nitrogens is 1. The Hall–Kier alpha value is -1.78. The van der Waals surface area contributed by atoms with E-state index in [1.54, 1.807) is 0 Å². The van der Waals surface area contributed by atoms with E-state index in [0.717, 1.165) is 38.0 Å². The summed E-state index contributed by atoms with van der Waals surface area (Å²) < 4.78 is 0. The van der Waals surface area contributed by atoms with Gasteiger partial charge in [0.1, 0.15) is 5.82 Å². The summed E-state index contributed by atoms with van der Waals surface area (Å²) in [5, 5.41) is 6.68. The minimum atomic E-state index is 0.602. The lowest BCUT2D eigenvalue weighted by atomic mass is 10.1. The zero-order chi connectivity index (χ0) is 16.5. The van der Waals surface area contributed by atoms with Crippen LogP contribution < -0.4 is 15.5 Å². The second-order valence-electron chi connectivity index (χ2n) is 6.54. The third kappa shape index (κ3) is 6.08. The maximum absolute atomic E-state index is 4.69. The van der Waals surface area contributed by atoms with Crippen LogP contribution >= 0.6 is 0 Å². The van der Waals surface area contributed by atoms with Gasteiger partial charge in [0.15, 0.2) is 5.96 Å². The molecule has 1 saturated heterocycles. The molecule has 1 aromatic heterocycles. The normalized spacial score (nSPS) is 15.8. The van der Waals surface area contributed by atoms with E-state index in [9.17, 15) is 0 Å². The van der Waals surface area contributed by atoms with Crippen molar-refractivity contribution in [1.82, 2.24) is 15.6 Å². The van der Waals surface area contributed by atoms with Crippen molar-refractivity contribution in [2.24, 2.45) is 10.9 Å². The number of aliphatic imine (C=N–C) groups is 1. The Morgan fingerprint density at radius 1 is 1.26 bits per heavy atom. The third-order valence-electron chi connectivity index (χ3n) is 3.93. The molecule has 0 unspecified atom stereocenters. The molecule has 2 N–H and O–H groups in total. The first kappa shape index (κ1) is 17.6. The summed E-state index contributed by atoms with van der Waals surface area (Å²) >= 11 is 0. The van der Waals surface area contributed by atoms with Crippen LogP contribution in [0.5, 0.6) is 0 Å². The van der Waals surface area contributed by atoms with Crippen molar-refractivity contribution in [3.05, 3.63) is 23.9 Å². The number of nitrogens with one attached hydrogen (secondary N) is 2. The molecular formula is C18H31N5. The molecule has 5 nitrogen and oxygen atoms in total. The number of pyridine rings is 1. The van der Waals surface area contributed by atoms with Crippen LogP contribution in [0.25, 0.3) is 0 Å². The molecule has 2 rings (SSSR count). The van der Waals surface area contributed by atoms with Crippen LogP contribution in [0.4, 0.5) is 5.82 Å². The van der Waals surface area contributed by atoms with Gasteiger partial charge >= 0.3 is 0 Å². The SMILES string of the molecule is CCNC(=NCc1ccnc(N2CCCCC2)c1)NCC(C)C. The fraction of sp³-hybridized carbons (Fsp3) is 0.667. The minimum absolute atomic E-state index is 0.602. The van der Waals surface area contributed by atoms with Crippen molar-refractivity contribution >= 4 is 11.8 Å². The zero-order valence-corrected chi connectivity index (χ0v) is 14.8. The van der Waals surface area contributed by atoms with Crippen LogP contribution in [0.2, 0.25) is 0 Å². The zero-order valence-electron chi connectivity index (χ0n) is 14.8. The van der Waals surface area contributed by atoms with E-state index in [0.29, 0.717) is 12.5 Å². The Morgan fingerprint density at radius 3 is 2.74 bits per heavy atom. The van der Waals surface area contributed by atoms with Crippen LogP contribution in [0.3, 0.4) is 0 Å². The summed E-state index contributed by atoms with van der Waals surface area (Å²) in [6, 6.07) is 4.24. The number of guanidine groups is 1. The predicted molar refractivity (Wildman–Crippen MR) is 98.0 cm³/mol. The average molecular weight is 317 g/mol. The molecule has 0 saturated carbocycles. The minimum Gasteiger partial charge on any atom is -0.357 e. The number of hydrogen-bond acceptors (Lipinski definition) is 3. The first-order valence-electron chi connectivity index (χ1n) is 8.91. The highest BCUT2D eigenvalue weighted by atomic mass is 15.2. The lowest BCUT2D eigenvalue weighted by molar-refractivity contribution is 0.573. The monoisotopic (exact) mass is 317 g/mol. The summed E-state index contributed by atoms with van der Waals surface area (Å²) in [4.78, 5) is 11.6. The van der Waals surface area contributed by atoms with E-state index < -0.39 is 0 Å². The first-order valence-corrected chi connectivity index (χ1v) is 8.91. The molecule has 2 heterocycles. The van der Waals surface area contributed by atoms with Gasteiger partial charge in [-0.15, -0.1) is 0 Å². The number of hydrogen-bond donors (Lipinski definition) is 2. The van der Waals surface area contributed by atoms with E-state index in [-0.39, 0.29) is 0 Å². The Bertz CT molecular complexity index is 492. The van der Waals surface area contributed by atoms with Gasteiger partial charge in [0, 0.05) is 32.4 Å². The second-order valence-corrected chi connectivity index (χ2v) is 6.54. The quantitative estimate of drug-likeness (QED) is 0.626. The smallest absolute Gasteiger partial charge is 0.191 e. The first-order chi connectivity index (χ1) is 11.2. The molecule has 1 aliphatic heterocycles. The number of rotatable bonds is 6. The van der Waals surface area contributed by atoms with Crippen molar-refractivity contribution in [3.63, 3.8) is 0 Å².